The van der Waals surface area contributed by atoms with Crippen LogP contribution in [0, 0.1) is 6.92 Å². The normalized spacial score (nSPS) is 10.6. The fraction of sp³-hybridized carbons (Fsp3) is 0.167. The molecule has 3 aromatic rings. The van der Waals surface area contributed by atoms with Gasteiger partial charge in [-0.1, -0.05) is 29.8 Å². The molecule has 2 heterocycles. The van der Waals surface area contributed by atoms with E-state index in [-0.39, 0.29) is 5.91 Å². The largest absolute Gasteiger partial charge is 0.337 e. The molecule has 0 bridgehead atoms. The minimum atomic E-state index is -0.0489. The summed E-state index contributed by atoms with van der Waals surface area (Å²) in [4.78, 5) is 23.8. The highest BCUT2D eigenvalue weighted by molar-refractivity contribution is 7.17. The van der Waals surface area contributed by atoms with Crippen LogP contribution in [0.3, 0.4) is 0 Å². The van der Waals surface area contributed by atoms with Crippen LogP contribution < -0.4 is 0 Å². The summed E-state index contributed by atoms with van der Waals surface area (Å²) in [5, 5.41) is 1.42. The quantitative estimate of drug-likeness (QED) is 0.693. The van der Waals surface area contributed by atoms with Gasteiger partial charge in [0.05, 0.1) is 11.4 Å². The first-order valence-electron chi connectivity index (χ1n) is 7.43. The molecule has 0 aliphatic carbocycles. The summed E-state index contributed by atoms with van der Waals surface area (Å²) >= 11 is 7.37. The zero-order valence-electron chi connectivity index (χ0n) is 13.4. The molecule has 0 aliphatic heterocycles. The van der Waals surface area contributed by atoms with Crippen LogP contribution in [-0.2, 0) is 6.54 Å². The molecule has 0 N–H and O–H groups in total. The van der Waals surface area contributed by atoms with Crippen LogP contribution >= 0.6 is 22.9 Å². The lowest BCUT2D eigenvalue weighted by molar-refractivity contribution is 0.0789. The van der Waals surface area contributed by atoms with Crippen LogP contribution in [0.15, 0.2) is 48.7 Å². The molecule has 0 saturated heterocycles. The Kier molecular flexibility index (Phi) is 4.92. The van der Waals surface area contributed by atoms with Crippen molar-refractivity contribution in [3.05, 3.63) is 69.8 Å². The number of nitrogens with zero attached hydrogens (tertiary/aromatic N) is 3. The number of aromatic nitrogens is 2. The van der Waals surface area contributed by atoms with Crippen LogP contribution in [0.4, 0.5) is 0 Å². The van der Waals surface area contributed by atoms with Crippen molar-refractivity contribution in [2.75, 3.05) is 7.05 Å². The number of carbonyl (C=O) groups excluding carboxylic acids is 1. The zero-order valence-corrected chi connectivity index (χ0v) is 14.9. The first kappa shape index (κ1) is 16.6. The van der Waals surface area contributed by atoms with E-state index in [0.29, 0.717) is 16.4 Å². The van der Waals surface area contributed by atoms with Crippen molar-refractivity contribution in [3.8, 4) is 10.7 Å². The van der Waals surface area contributed by atoms with E-state index in [1.807, 2.05) is 49.4 Å². The molecule has 1 aromatic carbocycles. The second-order valence-corrected chi connectivity index (χ2v) is 6.88. The summed E-state index contributed by atoms with van der Waals surface area (Å²) < 4.78 is 0. The van der Waals surface area contributed by atoms with E-state index in [2.05, 4.69) is 9.97 Å². The average molecular weight is 358 g/mol. The number of aryl methyl sites for hydroxylation is 1. The number of hydrogen-bond acceptors (Lipinski definition) is 4. The highest BCUT2D eigenvalue weighted by Gasteiger charge is 2.20. The van der Waals surface area contributed by atoms with E-state index >= 15 is 0 Å². The van der Waals surface area contributed by atoms with Crippen LogP contribution in [0.1, 0.15) is 20.9 Å². The number of amides is 1. The molecular formula is C18H16ClN3OS. The third-order valence-corrected chi connectivity index (χ3v) is 4.93. The Labute approximate surface area is 149 Å². The lowest BCUT2D eigenvalue weighted by Crippen LogP contribution is -2.26. The third-order valence-electron chi connectivity index (χ3n) is 3.53. The second kappa shape index (κ2) is 7.11. The van der Waals surface area contributed by atoms with E-state index in [1.165, 1.54) is 11.3 Å². The molecule has 0 radical (unpaired) electrons. The summed E-state index contributed by atoms with van der Waals surface area (Å²) in [6, 6.07) is 13.2. The first-order valence-corrected chi connectivity index (χ1v) is 8.63. The molecule has 0 atom stereocenters. The van der Waals surface area contributed by atoms with Crippen molar-refractivity contribution in [1.82, 2.24) is 14.9 Å². The van der Waals surface area contributed by atoms with Gasteiger partial charge in [-0.05, 0) is 36.8 Å². The maximum absolute atomic E-state index is 12.7. The Morgan fingerprint density at radius 1 is 1.25 bits per heavy atom. The molecule has 4 nitrogen and oxygen atoms in total. The summed E-state index contributed by atoms with van der Waals surface area (Å²) in [7, 11) is 1.78. The molecule has 24 heavy (non-hydrogen) atoms. The fourth-order valence-electron chi connectivity index (χ4n) is 2.35. The van der Waals surface area contributed by atoms with Gasteiger partial charge in [-0.2, -0.15) is 0 Å². The second-order valence-electron chi connectivity index (χ2n) is 5.44. The predicted molar refractivity (Wildman–Crippen MR) is 97.3 cm³/mol. The summed E-state index contributed by atoms with van der Waals surface area (Å²) in [5.41, 5.74) is 2.50. The number of thiazole rings is 1. The third kappa shape index (κ3) is 3.63. The Balaban J connectivity index is 1.81. The van der Waals surface area contributed by atoms with Gasteiger partial charge in [0, 0.05) is 24.8 Å². The Morgan fingerprint density at radius 2 is 2.08 bits per heavy atom. The topological polar surface area (TPSA) is 46.1 Å². The molecule has 0 fully saturated rings. The number of rotatable bonds is 4. The van der Waals surface area contributed by atoms with Gasteiger partial charge in [0.15, 0.2) is 0 Å². The molecule has 0 unspecified atom stereocenters. The standard InChI is InChI=1S/C18H16ClN3OS/c1-12-16(24-17(21-12)15-8-3-4-9-20-15)18(23)22(2)11-13-6-5-7-14(19)10-13/h3-10H,11H2,1-2H3. The van der Waals surface area contributed by atoms with E-state index in [4.69, 9.17) is 11.6 Å². The minimum absolute atomic E-state index is 0.0489. The van der Waals surface area contributed by atoms with Crippen LogP contribution in [0.25, 0.3) is 10.7 Å². The van der Waals surface area contributed by atoms with Gasteiger partial charge in [-0.25, -0.2) is 4.98 Å². The molecule has 1 amide bonds. The molecule has 0 spiro atoms. The van der Waals surface area contributed by atoms with Crippen molar-refractivity contribution in [2.45, 2.75) is 13.5 Å². The first-order chi connectivity index (χ1) is 11.5. The molecule has 0 aliphatic rings. The van der Waals surface area contributed by atoms with Gasteiger partial charge in [-0.15, -0.1) is 11.3 Å². The molecular weight excluding hydrogens is 342 g/mol. The SMILES string of the molecule is Cc1nc(-c2ccccn2)sc1C(=O)N(C)Cc1cccc(Cl)c1. The van der Waals surface area contributed by atoms with Crippen molar-refractivity contribution < 1.29 is 4.79 Å². The molecule has 6 heteroatoms. The van der Waals surface area contributed by atoms with E-state index < -0.39 is 0 Å². The van der Waals surface area contributed by atoms with Gasteiger partial charge in [-0.3, -0.25) is 9.78 Å². The van der Waals surface area contributed by atoms with Crippen LogP contribution in [0.2, 0.25) is 5.02 Å². The lowest BCUT2D eigenvalue weighted by Gasteiger charge is -2.16. The monoisotopic (exact) mass is 357 g/mol. The molecule has 122 valence electrons. The molecule has 3 rings (SSSR count). The Hall–Kier alpha value is -2.24. The van der Waals surface area contributed by atoms with Crippen molar-refractivity contribution in [2.24, 2.45) is 0 Å². The Morgan fingerprint density at radius 3 is 2.79 bits per heavy atom. The number of pyridine rings is 1. The zero-order chi connectivity index (χ0) is 17.1. The Bertz CT molecular complexity index is 864. The van der Waals surface area contributed by atoms with Gasteiger partial charge >= 0.3 is 0 Å². The molecule has 0 saturated carbocycles. The van der Waals surface area contributed by atoms with Crippen LogP contribution in [-0.4, -0.2) is 27.8 Å². The van der Waals surface area contributed by atoms with Crippen molar-refractivity contribution in [1.29, 1.82) is 0 Å². The number of hydrogen-bond donors (Lipinski definition) is 0. The number of carbonyl (C=O) groups is 1. The molecule has 2 aromatic heterocycles. The van der Waals surface area contributed by atoms with Gasteiger partial charge in [0.25, 0.3) is 5.91 Å². The van der Waals surface area contributed by atoms with Crippen molar-refractivity contribution in [3.63, 3.8) is 0 Å². The predicted octanol–water partition coefficient (Wildman–Crippen LogP) is 4.44. The summed E-state index contributed by atoms with van der Waals surface area (Å²) in [5.74, 6) is -0.0489. The fourth-order valence-corrected chi connectivity index (χ4v) is 3.60. The van der Waals surface area contributed by atoms with Gasteiger partial charge in [0.1, 0.15) is 9.88 Å². The van der Waals surface area contributed by atoms with E-state index in [1.54, 1.807) is 18.1 Å². The summed E-state index contributed by atoms with van der Waals surface area (Å²) in [6.07, 6.45) is 1.72. The minimum Gasteiger partial charge on any atom is -0.337 e. The lowest BCUT2D eigenvalue weighted by atomic mass is 10.2. The van der Waals surface area contributed by atoms with E-state index in [0.717, 1.165) is 22.0 Å². The maximum Gasteiger partial charge on any atom is 0.265 e. The van der Waals surface area contributed by atoms with Gasteiger partial charge in [0.2, 0.25) is 0 Å². The smallest absolute Gasteiger partial charge is 0.265 e. The van der Waals surface area contributed by atoms with E-state index in [9.17, 15) is 4.79 Å². The highest BCUT2D eigenvalue weighted by atomic mass is 35.5. The maximum atomic E-state index is 12.7. The number of halogens is 1. The summed E-state index contributed by atoms with van der Waals surface area (Å²) in [6.45, 7) is 2.35. The number of benzene rings is 1. The highest BCUT2D eigenvalue weighted by Crippen LogP contribution is 2.27. The van der Waals surface area contributed by atoms with Crippen molar-refractivity contribution >= 4 is 28.8 Å². The van der Waals surface area contributed by atoms with Gasteiger partial charge < -0.3 is 4.90 Å². The average Bonchev–Trinajstić information content (AvgIpc) is 2.97. The van der Waals surface area contributed by atoms with Crippen LogP contribution in [0.5, 0.6) is 0 Å².